The predicted molar refractivity (Wildman–Crippen MR) is 93.0 cm³/mol. The maximum atomic E-state index is 13.2. The number of Topliss-reactive ketones (excluding diaryl/α,β-unsaturated/α-hetero) is 1. The van der Waals surface area contributed by atoms with Crippen molar-refractivity contribution in [3.8, 4) is 6.07 Å². The van der Waals surface area contributed by atoms with Gasteiger partial charge in [0.2, 0.25) is 11.8 Å². The second-order valence-electron chi connectivity index (χ2n) is 6.35. The third-order valence-electron chi connectivity index (χ3n) is 5.01. The molecule has 3 N–H and O–H groups in total. The number of nitrogens with two attached hydrogens (primary N) is 1. The second kappa shape index (κ2) is 5.20. The van der Waals surface area contributed by atoms with Crippen LogP contribution < -0.4 is 11.1 Å². The smallest absolute Gasteiger partial charge is 0.245 e. The topological polar surface area (TPSA) is 105 Å². The summed E-state index contributed by atoms with van der Waals surface area (Å²) in [6.07, 6.45) is 1.45. The summed E-state index contributed by atoms with van der Waals surface area (Å²) in [6, 6.07) is 5.65. The lowest BCUT2D eigenvalue weighted by Crippen LogP contribution is -2.46. The molecule has 2 heterocycles. The van der Waals surface area contributed by atoms with E-state index in [1.54, 1.807) is 6.07 Å². The van der Waals surface area contributed by atoms with Gasteiger partial charge in [0.05, 0.1) is 5.57 Å². The third-order valence-corrected chi connectivity index (χ3v) is 6.03. The fraction of sp³-hybridized carbons (Fsp3) is 0.278. The number of allylic oxidation sites excluding steroid dienone is 1. The van der Waals surface area contributed by atoms with Gasteiger partial charge in [-0.05, 0) is 25.0 Å². The number of hydrogen-bond acceptors (Lipinski definition) is 5. The molecule has 0 fully saturated rings. The first kappa shape index (κ1) is 15.9. The van der Waals surface area contributed by atoms with E-state index in [1.165, 1.54) is 0 Å². The zero-order valence-corrected chi connectivity index (χ0v) is 15.0. The zero-order chi connectivity index (χ0) is 17.9. The number of carbonyl (C=O) groups is 2. The summed E-state index contributed by atoms with van der Waals surface area (Å²) in [6.45, 7) is 1.89. The van der Waals surface area contributed by atoms with E-state index in [2.05, 4.69) is 21.2 Å². The molecule has 1 amide bonds. The number of ketones is 1. The van der Waals surface area contributed by atoms with Gasteiger partial charge in [-0.1, -0.05) is 22.0 Å². The predicted octanol–water partition coefficient (Wildman–Crippen LogP) is 2.68. The number of nitriles is 1. The van der Waals surface area contributed by atoms with E-state index in [9.17, 15) is 14.9 Å². The van der Waals surface area contributed by atoms with Gasteiger partial charge in [-0.15, -0.1) is 0 Å². The number of hydrogen-bond donors (Lipinski definition) is 2. The molecule has 1 aromatic rings. The Kier molecular flexibility index (Phi) is 3.31. The minimum atomic E-state index is -1.55. The molecule has 0 saturated heterocycles. The quantitative estimate of drug-likeness (QED) is 0.697. The molecule has 2 aliphatic heterocycles. The van der Waals surface area contributed by atoms with Crippen LogP contribution in [0.25, 0.3) is 0 Å². The van der Waals surface area contributed by atoms with Gasteiger partial charge in [0.25, 0.3) is 0 Å². The average molecular weight is 400 g/mol. The molecule has 1 spiro atoms. The lowest BCUT2D eigenvalue weighted by molar-refractivity contribution is -0.123. The van der Waals surface area contributed by atoms with Gasteiger partial charge in [-0.25, -0.2) is 0 Å². The normalized spacial score (nSPS) is 24.7. The molecule has 1 unspecified atom stereocenters. The lowest BCUT2D eigenvalue weighted by Gasteiger charge is -2.37. The summed E-state index contributed by atoms with van der Waals surface area (Å²) in [4.78, 5) is 26.0. The van der Waals surface area contributed by atoms with Gasteiger partial charge in [-0.3, -0.25) is 9.59 Å². The minimum Gasteiger partial charge on any atom is -0.444 e. The first-order valence-corrected chi connectivity index (χ1v) is 8.68. The number of halogens is 1. The van der Waals surface area contributed by atoms with Crippen LogP contribution in [0.15, 0.2) is 39.4 Å². The van der Waals surface area contributed by atoms with Crippen molar-refractivity contribution in [1.82, 2.24) is 0 Å². The molecule has 1 aliphatic carbocycles. The molecular formula is C18H14BrN3O3. The molecule has 126 valence electrons. The van der Waals surface area contributed by atoms with Crippen LogP contribution in [0.1, 0.15) is 30.4 Å². The molecular weight excluding hydrogens is 386 g/mol. The number of fused-ring (bicyclic) bond motifs is 3. The van der Waals surface area contributed by atoms with E-state index >= 15 is 0 Å². The van der Waals surface area contributed by atoms with Crippen LogP contribution in [0.4, 0.5) is 5.69 Å². The van der Waals surface area contributed by atoms with E-state index in [0.29, 0.717) is 40.7 Å². The number of anilines is 1. The van der Waals surface area contributed by atoms with Crippen molar-refractivity contribution in [2.45, 2.75) is 31.6 Å². The number of benzene rings is 1. The number of rotatable bonds is 0. The summed E-state index contributed by atoms with van der Waals surface area (Å²) >= 11 is 3.54. The van der Waals surface area contributed by atoms with Crippen LogP contribution in [0, 0.1) is 18.3 Å². The fourth-order valence-corrected chi connectivity index (χ4v) is 4.57. The molecule has 1 aromatic carbocycles. The molecule has 25 heavy (non-hydrogen) atoms. The maximum absolute atomic E-state index is 13.2. The molecule has 0 radical (unpaired) electrons. The Morgan fingerprint density at radius 3 is 2.84 bits per heavy atom. The highest BCUT2D eigenvalue weighted by molar-refractivity contribution is 9.10. The maximum Gasteiger partial charge on any atom is 0.245 e. The second-order valence-corrected chi connectivity index (χ2v) is 7.14. The van der Waals surface area contributed by atoms with Crippen LogP contribution in [-0.2, 0) is 19.7 Å². The third kappa shape index (κ3) is 1.83. The monoisotopic (exact) mass is 399 g/mol. The number of nitrogens with zero attached hydrogens (tertiary/aromatic N) is 1. The Morgan fingerprint density at radius 2 is 2.12 bits per heavy atom. The standard InChI is InChI=1S/C18H14BrN3O3/c1-8-5-6-10-13(15(8)19)18(17(24)22-10)9(7-20)16(21)25-12-4-2-3-11(23)14(12)18/h5-6H,2-4,21H2,1H3,(H,22,24). The first-order chi connectivity index (χ1) is 11.9. The Hall–Kier alpha value is -2.59. The molecule has 7 heteroatoms. The zero-order valence-electron chi connectivity index (χ0n) is 13.4. The summed E-state index contributed by atoms with van der Waals surface area (Å²) in [5.41, 5.74) is 6.67. The van der Waals surface area contributed by atoms with Crippen molar-refractivity contribution in [3.63, 3.8) is 0 Å². The van der Waals surface area contributed by atoms with Gasteiger partial charge in [0, 0.05) is 28.6 Å². The minimum absolute atomic E-state index is 0.0379. The van der Waals surface area contributed by atoms with Crippen LogP contribution in [0.3, 0.4) is 0 Å². The summed E-state index contributed by atoms with van der Waals surface area (Å²) in [5, 5.41) is 12.6. The number of ether oxygens (including phenoxy) is 1. The molecule has 0 aromatic heterocycles. The van der Waals surface area contributed by atoms with Crippen LogP contribution in [-0.4, -0.2) is 11.7 Å². The molecule has 3 aliphatic rings. The van der Waals surface area contributed by atoms with Gasteiger partial charge in [0.1, 0.15) is 22.8 Å². The highest BCUT2D eigenvalue weighted by atomic mass is 79.9. The fourth-order valence-electron chi connectivity index (χ4n) is 3.93. The van der Waals surface area contributed by atoms with Crippen molar-refractivity contribution < 1.29 is 14.3 Å². The lowest BCUT2D eigenvalue weighted by atomic mass is 9.65. The summed E-state index contributed by atoms with van der Waals surface area (Å²) in [5.74, 6) is -0.353. The van der Waals surface area contributed by atoms with Gasteiger partial charge in [-0.2, -0.15) is 5.26 Å². The summed E-state index contributed by atoms with van der Waals surface area (Å²) < 4.78 is 6.26. The van der Waals surface area contributed by atoms with E-state index in [1.807, 2.05) is 19.1 Å². The average Bonchev–Trinajstić information content (AvgIpc) is 2.85. The number of aryl methyl sites for hydroxylation is 1. The van der Waals surface area contributed by atoms with Gasteiger partial charge >= 0.3 is 0 Å². The van der Waals surface area contributed by atoms with E-state index in [-0.39, 0.29) is 22.8 Å². The van der Waals surface area contributed by atoms with E-state index < -0.39 is 11.3 Å². The highest BCUT2D eigenvalue weighted by Gasteiger charge is 2.60. The molecule has 4 rings (SSSR count). The van der Waals surface area contributed by atoms with Crippen molar-refractivity contribution in [1.29, 1.82) is 5.26 Å². The number of amides is 1. The Labute approximate surface area is 152 Å². The SMILES string of the molecule is Cc1ccc2c(c1Br)C1(C(=O)N2)C(C#N)=C(N)OC2=C1C(=O)CCC2. The Morgan fingerprint density at radius 1 is 1.36 bits per heavy atom. The van der Waals surface area contributed by atoms with E-state index in [4.69, 9.17) is 10.5 Å². The number of carbonyl (C=O) groups excluding carboxylic acids is 2. The molecule has 0 saturated carbocycles. The van der Waals surface area contributed by atoms with Crippen molar-refractivity contribution in [2.24, 2.45) is 5.73 Å². The van der Waals surface area contributed by atoms with Gasteiger partial charge < -0.3 is 15.8 Å². The van der Waals surface area contributed by atoms with Crippen LogP contribution in [0.5, 0.6) is 0 Å². The number of nitrogens with one attached hydrogen (secondary N) is 1. The van der Waals surface area contributed by atoms with Gasteiger partial charge in [0.15, 0.2) is 5.78 Å². The highest BCUT2D eigenvalue weighted by Crippen LogP contribution is 2.56. The van der Waals surface area contributed by atoms with Crippen molar-refractivity contribution >= 4 is 33.3 Å². The summed E-state index contributed by atoms with van der Waals surface area (Å²) in [7, 11) is 0. The Balaban J connectivity index is 2.17. The largest absolute Gasteiger partial charge is 0.444 e. The van der Waals surface area contributed by atoms with E-state index in [0.717, 1.165) is 5.56 Å². The van der Waals surface area contributed by atoms with Crippen LogP contribution in [0.2, 0.25) is 0 Å². The Bertz CT molecular complexity index is 971. The van der Waals surface area contributed by atoms with Crippen molar-refractivity contribution in [3.05, 3.63) is 50.5 Å². The molecule has 0 bridgehead atoms. The van der Waals surface area contributed by atoms with Crippen molar-refractivity contribution in [2.75, 3.05) is 5.32 Å². The molecule has 6 nitrogen and oxygen atoms in total. The van der Waals surface area contributed by atoms with Crippen LogP contribution >= 0.6 is 15.9 Å². The molecule has 1 atom stereocenters. The first-order valence-electron chi connectivity index (χ1n) is 7.89.